The van der Waals surface area contributed by atoms with E-state index in [1.807, 2.05) is 0 Å². The number of carbonyl (C=O) groups excluding carboxylic acids is 3. The van der Waals surface area contributed by atoms with Crippen LogP contribution in [-0.4, -0.2) is 55.2 Å². The summed E-state index contributed by atoms with van der Waals surface area (Å²) < 4.78 is 27.3. The first-order valence-corrected chi connectivity index (χ1v) is 16.4. The zero-order valence-electron chi connectivity index (χ0n) is 23.2. The van der Waals surface area contributed by atoms with E-state index < -0.39 is 54.6 Å². The Kier molecular flexibility index (Phi) is 7.24. The molecule has 2 fully saturated rings. The van der Waals surface area contributed by atoms with Gasteiger partial charge in [-0.25, -0.2) is 0 Å². The van der Waals surface area contributed by atoms with Crippen molar-refractivity contribution in [3.8, 4) is 0 Å². The lowest BCUT2D eigenvalue weighted by molar-refractivity contribution is -0.385. The lowest BCUT2D eigenvalue weighted by atomic mass is 9.82. The number of aliphatic hydroxyl groups excluding tert-OH is 1. The van der Waals surface area contributed by atoms with Crippen LogP contribution in [0.25, 0.3) is 0 Å². The van der Waals surface area contributed by atoms with Gasteiger partial charge in [-0.1, -0.05) is 19.1 Å². The highest BCUT2D eigenvalue weighted by Gasteiger charge is 2.66. The maximum absolute atomic E-state index is 15.7. The molecule has 1 spiro atoms. The molecule has 218 valence electrons. The van der Waals surface area contributed by atoms with Gasteiger partial charge >= 0.3 is 5.97 Å². The molecule has 3 aliphatic rings. The van der Waals surface area contributed by atoms with Crippen LogP contribution >= 0.6 is 0 Å². The number of nitro groups is 1. The number of carbonyl (C=O) groups is 3. The number of esters is 1. The van der Waals surface area contributed by atoms with Crippen LogP contribution in [0.4, 0.5) is 21.2 Å². The Bertz CT molecular complexity index is 1430. The summed E-state index contributed by atoms with van der Waals surface area (Å²) >= 11 is 0. The second kappa shape index (κ2) is 10.3. The monoisotopic (exact) mass is 585 g/mol. The average molecular weight is 586 g/mol. The summed E-state index contributed by atoms with van der Waals surface area (Å²) in [5, 5.41) is 21.4. The predicted molar refractivity (Wildman–Crippen MR) is 148 cm³/mol. The van der Waals surface area contributed by atoms with Gasteiger partial charge in [0.1, 0.15) is 0 Å². The second-order valence-electron chi connectivity index (χ2n) is 11.3. The fraction of sp³-hybridized carbons (Fsp3) is 0.464. The summed E-state index contributed by atoms with van der Waals surface area (Å²) in [6, 6.07) is 11.0. The minimum absolute atomic E-state index is 0.0430. The average Bonchev–Trinajstić information content (AvgIpc) is 3.30. The number of amides is 2. The van der Waals surface area contributed by atoms with Gasteiger partial charge in [0.05, 0.1) is 29.7 Å². The molecular weight excluding hydrogens is 553 g/mol. The highest BCUT2D eigenvalue weighted by Crippen LogP contribution is 2.60. The van der Waals surface area contributed by atoms with Crippen LogP contribution in [0.3, 0.4) is 0 Å². The highest BCUT2D eigenvalue weighted by molar-refractivity contribution is 6.72. The third-order valence-corrected chi connectivity index (χ3v) is 10.8. The van der Waals surface area contributed by atoms with Crippen molar-refractivity contribution in [3.63, 3.8) is 0 Å². The number of hydrogen-bond acceptors (Lipinski definition) is 8. The number of non-ortho nitro benzene ring substituents is 1. The lowest BCUT2D eigenvalue weighted by Gasteiger charge is -2.39. The number of nitro benzene ring substituents is 1. The van der Waals surface area contributed by atoms with Crippen LogP contribution in [0.5, 0.6) is 0 Å². The van der Waals surface area contributed by atoms with Crippen molar-refractivity contribution in [1.29, 1.82) is 0 Å². The van der Waals surface area contributed by atoms with Crippen LogP contribution in [0.15, 0.2) is 42.5 Å². The molecule has 13 heteroatoms. The maximum atomic E-state index is 15.7. The minimum Gasteiger partial charge on any atom is -0.441 e. The van der Waals surface area contributed by atoms with E-state index in [0.717, 1.165) is 0 Å². The third kappa shape index (κ3) is 4.71. The lowest BCUT2D eigenvalue weighted by Crippen LogP contribution is -2.54. The molecule has 1 unspecified atom stereocenters. The van der Waals surface area contributed by atoms with Gasteiger partial charge in [0.25, 0.3) is 11.6 Å². The number of aliphatic hydroxyl groups is 1. The smallest absolute Gasteiger partial charge is 0.304 e. The van der Waals surface area contributed by atoms with E-state index in [4.69, 9.17) is 9.47 Å². The Hall–Kier alpha value is -3.68. The zero-order chi connectivity index (χ0) is 29.9. The SMILES string of the molecule is CC(=O)OC1CC(=O)N1c1cccc(CN2C(=O)[C@@]3(O[C@@H](CCO)[C@H]([Si](C)(C)F)[C@H]3C)c3cc([N+](=O)[O-])ccc32)c1. The van der Waals surface area contributed by atoms with Gasteiger partial charge in [-0.3, -0.25) is 29.4 Å². The fourth-order valence-electron chi connectivity index (χ4n) is 6.67. The van der Waals surface area contributed by atoms with Crippen LogP contribution < -0.4 is 9.80 Å². The summed E-state index contributed by atoms with van der Waals surface area (Å²) in [6.45, 7) is 5.87. The van der Waals surface area contributed by atoms with Gasteiger partial charge < -0.3 is 23.6 Å². The number of anilines is 2. The number of β-lactam (4-membered cyclic amide) rings is 1. The summed E-state index contributed by atoms with van der Waals surface area (Å²) in [6.07, 6.45) is -1.25. The van der Waals surface area contributed by atoms with E-state index in [-0.39, 0.29) is 37.6 Å². The first-order valence-electron chi connectivity index (χ1n) is 13.5. The van der Waals surface area contributed by atoms with Gasteiger partial charge in [0.2, 0.25) is 14.3 Å². The van der Waals surface area contributed by atoms with Crippen molar-refractivity contribution in [2.24, 2.45) is 5.92 Å². The Morgan fingerprint density at radius 2 is 2.00 bits per heavy atom. The molecule has 5 rings (SSSR count). The van der Waals surface area contributed by atoms with Gasteiger partial charge in [0, 0.05) is 48.4 Å². The van der Waals surface area contributed by atoms with E-state index in [2.05, 4.69) is 0 Å². The molecule has 0 bridgehead atoms. The van der Waals surface area contributed by atoms with E-state index in [0.29, 0.717) is 22.5 Å². The summed E-state index contributed by atoms with van der Waals surface area (Å²) in [5.41, 5.74) is -0.656. The molecule has 5 atom stereocenters. The number of hydrogen-bond donors (Lipinski definition) is 1. The molecule has 11 nitrogen and oxygen atoms in total. The topological polar surface area (TPSA) is 140 Å². The number of nitrogens with zero attached hydrogens (tertiary/aromatic N) is 3. The molecule has 0 aromatic heterocycles. The number of fused-ring (bicyclic) bond motifs is 2. The van der Waals surface area contributed by atoms with Crippen LogP contribution in [-0.2, 0) is 36.0 Å². The van der Waals surface area contributed by atoms with Gasteiger partial charge in [-0.05, 0) is 43.3 Å². The zero-order valence-corrected chi connectivity index (χ0v) is 24.2. The number of benzene rings is 2. The van der Waals surface area contributed by atoms with Crippen molar-refractivity contribution >= 4 is 43.3 Å². The molecule has 3 heterocycles. The van der Waals surface area contributed by atoms with E-state index >= 15 is 4.11 Å². The van der Waals surface area contributed by atoms with Crippen LogP contribution in [0, 0.1) is 16.0 Å². The van der Waals surface area contributed by atoms with Crippen molar-refractivity contribution < 1.29 is 38.0 Å². The molecule has 0 aliphatic carbocycles. The molecule has 0 radical (unpaired) electrons. The fourth-order valence-corrected chi connectivity index (χ4v) is 9.22. The molecule has 3 aliphatic heterocycles. The summed E-state index contributed by atoms with van der Waals surface area (Å²) in [5.74, 6) is -1.84. The third-order valence-electron chi connectivity index (χ3n) is 8.31. The van der Waals surface area contributed by atoms with E-state index in [1.54, 1.807) is 31.2 Å². The molecular formula is C28H32FN3O8Si. The first kappa shape index (κ1) is 28.8. The minimum atomic E-state index is -3.42. The predicted octanol–water partition coefficient (Wildman–Crippen LogP) is 3.92. The van der Waals surface area contributed by atoms with E-state index in [1.165, 1.54) is 48.0 Å². The molecule has 2 amide bonds. The summed E-state index contributed by atoms with van der Waals surface area (Å²) in [4.78, 5) is 52.1. The van der Waals surface area contributed by atoms with Gasteiger partial charge in [-0.2, -0.15) is 0 Å². The van der Waals surface area contributed by atoms with Crippen LogP contribution in [0.2, 0.25) is 18.6 Å². The largest absolute Gasteiger partial charge is 0.441 e. The van der Waals surface area contributed by atoms with Crippen molar-refractivity contribution in [3.05, 3.63) is 63.7 Å². The molecule has 41 heavy (non-hydrogen) atoms. The Morgan fingerprint density at radius 3 is 2.61 bits per heavy atom. The van der Waals surface area contributed by atoms with Gasteiger partial charge in [-0.15, -0.1) is 0 Å². The quantitative estimate of drug-likeness (QED) is 0.123. The first-order chi connectivity index (χ1) is 19.3. The summed E-state index contributed by atoms with van der Waals surface area (Å²) in [7, 11) is -3.42. The van der Waals surface area contributed by atoms with Crippen molar-refractivity contribution in [1.82, 2.24) is 0 Å². The molecule has 0 saturated carbocycles. The Balaban J connectivity index is 1.55. The number of halogens is 1. The second-order valence-corrected chi connectivity index (χ2v) is 15.1. The number of rotatable bonds is 8. The highest BCUT2D eigenvalue weighted by atomic mass is 28.4. The molecule has 2 saturated heterocycles. The molecule has 1 N–H and O–H groups in total. The van der Waals surface area contributed by atoms with Crippen molar-refractivity contribution in [2.75, 3.05) is 16.4 Å². The molecule has 2 aromatic carbocycles. The van der Waals surface area contributed by atoms with E-state index in [9.17, 15) is 29.6 Å². The normalized spacial score (nSPS) is 27.3. The number of ether oxygens (including phenoxy) is 2. The maximum Gasteiger partial charge on any atom is 0.304 e. The standard InChI is InChI=1S/C28H32FN3O8Si/c1-16-26(41(3,4)29)23(10-11-33)40-28(16)21-13-20(32(37)38)8-9-22(21)30(27(28)36)15-18-6-5-7-19(12-18)31-24(35)14-25(31)39-17(2)34/h5-9,12-13,16,23,25-26,33H,10-11,14-15H2,1-4H3/t16-,23+,25?,26-,28+/m1/s1. The van der Waals surface area contributed by atoms with Crippen LogP contribution in [0.1, 0.15) is 37.8 Å². The van der Waals surface area contributed by atoms with Crippen molar-refractivity contribution in [2.45, 2.75) is 69.8 Å². The Labute approximate surface area is 237 Å². The Morgan fingerprint density at radius 1 is 1.27 bits per heavy atom. The van der Waals surface area contributed by atoms with Gasteiger partial charge in [0.15, 0.2) is 11.8 Å². The molecule has 2 aromatic rings.